The second-order valence-electron chi connectivity index (χ2n) is 2.08. The second kappa shape index (κ2) is 3.24. The molecule has 46 valence electrons. The molecule has 0 radical (unpaired) electrons. The summed E-state index contributed by atoms with van der Waals surface area (Å²) in [6, 6.07) is 0. The van der Waals surface area contributed by atoms with Crippen molar-refractivity contribution in [2.75, 3.05) is 0 Å². The zero-order chi connectivity index (χ0) is 6.15. The van der Waals surface area contributed by atoms with Gasteiger partial charge >= 0.3 is 18.9 Å². The van der Waals surface area contributed by atoms with Crippen LogP contribution < -0.4 is 24.0 Å². The molecule has 0 unspecified atom stereocenters. The summed E-state index contributed by atoms with van der Waals surface area (Å²) < 4.78 is 11.8. The number of halogens is 1. The van der Waals surface area contributed by atoms with Crippen LogP contribution in [0.5, 0.6) is 0 Å². The minimum atomic E-state index is -1.11. The molecule has 1 rings (SSSR count). The topological polar surface area (TPSA) is 40.1 Å². The Morgan fingerprint density at radius 1 is 1.56 bits per heavy atom. The minimum absolute atomic E-state index is 0. The molecule has 0 atom stereocenters. The van der Waals surface area contributed by atoms with Gasteiger partial charge in [-0.25, -0.2) is 4.39 Å². The van der Waals surface area contributed by atoms with Gasteiger partial charge in [0.2, 0.25) is 0 Å². The number of carboxylic acids is 1. The Morgan fingerprint density at radius 3 is 2.11 bits per heavy atom. The summed E-state index contributed by atoms with van der Waals surface area (Å²) in [6.45, 7) is 0. The second-order valence-corrected chi connectivity index (χ2v) is 2.08. The molecule has 0 bridgehead atoms. The first-order valence-corrected chi connectivity index (χ1v) is 2.55. The number of aliphatic carboxylic acids is 1. The summed E-state index contributed by atoms with van der Waals surface area (Å²) in [4.78, 5) is 9.85. The fraction of sp³-hybridized carbons (Fsp3) is 0.800. The van der Waals surface area contributed by atoms with Crippen molar-refractivity contribution in [2.24, 2.45) is 5.92 Å². The Hall–Kier alpha value is -0.00260. The summed E-state index contributed by atoms with van der Waals surface area (Å²) in [5, 5.41) is 9.85. The van der Waals surface area contributed by atoms with E-state index in [1.54, 1.807) is 0 Å². The molecule has 0 heterocycles. The molecule has 0 aliphatic heterocycles. The molecule has 0 spiro atoms. The maximum atomic E-state index is 11.8. The van der Waals surface area contributed by atoms with Crippen LogP contribution in [0.25, 0.3) is 0 Å². The SMILES string of the molecule is O=C([O-])C1CC(F)C1.[Li+]. The molecular formula is C5H6FLiO2. The zero-order valence-corrected chi connectivity index (χ0v) is 5.26. The average Bonchev–Trinajstić information content (AvgIpc) is 1.57. The largest absolute Gasteiger partial charge is 1.00 e. The van der Waals surface area contributed by atoms with Crippen LogP contribution in [-0.4, -0.2) is 12.1 Å². The first-order chi connectivity index (χ1) is 3.70. The number of alkyl halides is 1. The Labute approximate surface area is 64.6 Å². The summed E-state index contributed by atoms with van der Waals surface area (Å²) in [7, 11) is 0. The monoisotopic (exact) mass is 124 g/mol. The van der Waals surface area contributed by atoms with Gasteiger partial charge < -0.3 is 9.90 Å². The summed E-state index contributed by atoms with van der Waals surface area (Å²) in [5.41, 5.74) is 0. The van der Waals surface area contributed by atoms with Gasteiger partial charge in [-0.2, -0.15) is 0 Å². The van der Waals surface area contributed by atoms with Crippen molar-refractivity contribution in [3.8, 4) is 0 Å². The van der Waals surface area contributed by atoms with E-state index in [0.29, 0.717) is 0 Å². The fourth-order valence-electron chi connectivity index (χ4n) is 0.741. The van der Waals surface area contributed by atoms with Crippen LogP contribution in [0, 0.1) is 5.92 Å². The van der Waals surface area contributed by atoms with Gasteiger partial charge in [0.1, 0.15) is 6.17 Å². The third-order valence-electron chi connectivity index (χ3n) is 1.41. The molecule has 0 aromatic carbocycles. The van der Waals surface area contributed by atoms with Crippen molar-refractivity contribution < 1.29 is 33.2 Å². The Morgan fingerprint density at radius 2 is 2.00 bits per heavy atom. The Bertz CT molecular complexity index is 112. The van der Waals surface area contributed by atoms with Gasteiger partial charge in [0.15, 0.2) is 0 Å². The number of hydrogen-bond donors (Lipinski definition) is 0. The van der Waals surface area contributed by atoms with Crippen molar-refractivity contribution in [3.63, 3.8) is 0 Å². The molecule has 1 saturated carbocycles. The van der Waals surface area contributed by atoms with Crippen molar-refractivity contribution in [1.29, 1.82) is 0 Å². The fourth-order valence-corrected chi connectivity index (χ4v) is 0.741. The number of carboxylic acid groups (broad SMARTS) is 1. The molecule has 9 heavy (non-hydrogen) atoms. The Balaban J connectivity index is 0.000000640. The van der Waals surface area contributed by atoms with E-state index in [1.807, 2.05) is 0 Å². The Kier molecular flexibility index (Phi) is 3.24. The smallest absolute Gasteiger partial charge is 0.550 e. The molecule has 1 aliphatic rings. The van der Waals surface area contributed by atoms with Crippen LogP contribution in [0.1, 0.15) is 12.8 Å². The molecule has 1 fully saturated rings. The minimum Gasteiger partial charge on any atom is -0.550 e. The van der Waals surface area contributed by atoms with E-state index in [0.717, 1.165) is 0 Å². The summed E-state index contributed by atoms with van der Waals surface area (Å²) in [6.07, 6.45) is -0.581. The molecule has 0 saturated heterocycles. The van der Waals surface area contributed by atoms with Crippen molar-refractivity contribution in [1.82, 2.24) is 0 Å². The van der Waals surface area contributed by atoms with Gasteiger partial charge in [0.05, 0.1) is 0 Å². The van der Waals surface area contributed by atoms with Crippen LogP contribution in [0.2, 0.25) is 0 Å². The number of rotatable bonds is 1. The molecule has 0 aromatic heterocycles. The standard InChI is InChI=1S/C5H7FO2.Li/c6-4-1-3(2-4)5(7)8;/h3-4H,1-2H2,(H,7,8);/q;+1/p-1. The van der Waals surface area contributed by atoms with Crippen LogP contribution in [-0.2, 0) is 4.79 Å². The van der Waals surface area contributed by atoms with Crippen molar-refractivity contribution >= 4 is 5.97 Å². The maximum Gasteiger partial charge on any atom is 1.00 e. The molecule has 2 nitrogen and oxygen atoms in total. The molecular weight excluding hydrogens is 118 g/mol. The quantitative estimate of drug-likeness (QED) is 0.340. The first kappa shape index (κ1) is 9.00. The van der Waals surface area contributed by atoms with Gasteiger partial charge in [-0.1, -0.05) is 0 Å². The summed E-state index contributed by atoms with van der Waals surface area (Å²) >= 11 is 0. The average molecular weight is 124 g/mol. The maximum absolute atomic E-state index is 11.8. The zero-order valence-electron chi connectivity index (χ0n) is 5.26. The molecule has 0 amide bonds. The van der Waals surface area contributed by atoms with Gasteiger partial charge in [-0.05, 0) is 12.8 Å². The van der Waals surface area contributed by atoms with Gasteiger partial charge in [-0.3, -0.25) is 0 Å². The predicted octanol–water partition coefficient (Wildman–Crippen LogP) is -3.51. The van der Waals surface area contributed by atoms with Crippen LogP contribution in [0.4, 0.5) is 4.39 Å². The molecule has 0 N–H and O–H groups in total. The number of carbonyl (C=O) groups is 1. The van der Waals surface area contributed by atoms with Crippen LogP contribution in [0.3, 0.4) is 0 Å². The van der Waals surface area contributed by atoms with E-state index < -0.39 is 18.1 Å². The van der Waals surface area contributed by atoms with Crippen LogP contribution >= 0.6 is 0 Å². The van der Waals surface area contributed by atoms with E-state index in [1.165, 1.54) is 0 Å². The van der Waals surface area contributed by atoms with E-state index >= 15 is 0 Å². The molecule has 1 aliphatic carbocycles. The van der Waals surface area contributed by atoms with Gasteiger partial charge in [0, 0.05) is 11.9 Å². The number of carbonyl (C=O) groups excluding carboxylic acids is 1. The molecule has 0 aromatic rings. The van der Waals surface area contributed by atoms with Crippen molar-refractivity contribution in [3.05, 3.63) is 0 Å². The number of hydrogen-bond acceptors (Lipinski definition) is 2. The van der Waals surface area contributed by atoms with Crippen LogP contribution in [0.15, 0.2) is 0 Å². The summed E-state index contributed by atoms with van der Waals surface area (Å²) in [5.74, 6) is -1.62. The van der Waals surface area contributed by atoms with Gasteiger partial charge in [-0.15, -0.1) is 0 Å². The van der Waals surface area contributed by atoms with E-state index in [-0.39, 0.29) is 31.7 Å². The van der Waals surface area contributed by atoms with Crippen molar-refractivity contribution in [2.45, 2.75) is 19.0 Å². The first-order valence-electron chi connectivity index (χ1n) is 2.55. The van der Waals surface area contributed by atoms with E-state index in [9.17, 15) is 14.3 Å². The van der Waals surface area contributed by atoms with Gasteiger partial charge in [0.25, 0.3) is 0 Å². The van der Waals surface area contributed by atoms with E-state index in [4.69, 9.17) is 0 Å². The third kappa shape index (κ3) is 2.00. The normalized spacial score (nSPS) is 32.1. The predicted molar refractivity (Wildman–Crippen MR) is 22.6 cm³/mol. The third-order valence-corrected chi connectivity index (χ3v) is 1.41. The van der Waals surface area contributed by atoms with E-state index in [2.05, 4.69) is 0 Å². The molecule has 4 heteroatoms.